The highest BCUT2D eigenvalue weighted by Gasteiger charge is 2.18. The number of oxazole rings is 1. The van der Waals surface area contributed by atoms with Crippen molar-refractivity contribution in [2.75, 3.05) is 19.6 Å². The smallest absolute Gasteiger partial charge is 0.270 e. The summed E-state index contributed by atoms with van der Waals surface area (Å²) in [6, 6.07) is 6.32. The molecule has 0 bridgehead atoms. The van der Waals surface area contributed by atoms with E-state index in [2.05, 4.69) is 9.88 Å². The number of piperidine rings is 1. The van der Waals surface area contributed by atoms with Crippen molar-refractivity contribution in [2.45, 2.75) is 25.4 Å². The molecule has 7 nitrogen and oxygen atoms in total. The van der Waals surface area contributed by atoms with E-state index < -0.39 is 4.92 Å². The maximum Gasteiger partial charge on any atom is 0.270 e. The molecule has 0 aliphatic carbocycles. The number of aliphatic hydroxyl groups excluding tert-OH is 1. The van der Waals surface area contributed by atoms with Crippen LogP contribution in [0.2, 0.25) is 0 Å². The summed E-state index contributed by atoms with van der Waals surface area (Å²) in [6.45, 7) is 2.46. The van der Waals surface area contributed by atoms with Crippen molar-refractivity contribution >= 4 is 5.69 Å². The Labute approximate surface area is 133 Å². The molecule has 1 saturated heterocycles. The second-order valence-electron chi connectivity index (χ2n) is 5.77. The first kappa shape index (κ1) is 15.6. The fourth-order valence-electron chi connectivity index (χ4n) is 2.82. The molecule has 0 radical (unpaired) electrons. The Bertz CT molecular complexity index is 685. The minimum absolute atomic E-state index is 0.0303. The lowest BCUT2D eigenvalue weighted by Gasteiger charge is -2.29. The first-order chi connectivity index (χ1) is 11.1. The molecule has 122 valence electrons. The topological polar surface area (TPSA) is 92.6 Å². The highest BCUT2D eigenvalue weighted by molar-refractivity contribution is 5.60. The van der Waals surface area contributed by atoms with E-state index in [-0.39, 0.29) is 11.8 Å². The molecule has 7 heteroatoms. The summed E-state index contributed by atoms with van der Waals surface area (Å²) in [5.41, 5.74) is 0.675. The van der Waals surface area contributed by atoms with E-state index in [1.54, 1.807) is 18.3 Å². The van der Waals surface area contributed by atoms with Crippen molar-refractivity contribution in [3.8, 4) is 11.3 Å². The highest BCUT2D eigenvalue weighted by atomic mass is 16.6. The van der Waals surface area contributed by atoms with Crippen LogP contribution >= 0.6 is 0 Å². The van der Waals surface area contributed by atoms with Gasteiger partial charge in [-0.1, -0.05) is 12.1 Å². The second kappa shape index (κ2) is 6.89. The lowest BCUT2D eigenvalue weighted by Crippen LogP contribution is -2.39. The van der Waals surface area contributed by atoms with Gasteiger partial charge in [0.25, 0.3) is 5.69 Å². The van der Waals surface area contributed by atoms with E-state index in [4.69, 9.17) is 4.42 Å². The Balaban J connectivity index is 1.64. The van der Waals surface area contributed by atoms with Gasteiger partial charge in [-0.25, -0.2) is 4.98 Å². The predicted molar refractivity (Wildman–Crippen MR) is 84.0 cm³/mol. The number of non-ortho nitro benzene ring substituents is 1. The van der Waals surface area contributed by atoms with Gasteiger partial charge >= 0.3 is 0 Å². The van der Waals surface area contributed by atoms with E-state index in [9.17, 15) is 15.2 Å². The van der Waals surface area contributed by atoms with Crippen molar-refractivity contribution < 1.29 is 14.4 Å². The molecule has 1 N–H and O–H groups in total. The normalized spacial score (nSPS) is 18.9. The van der Waals surface area contributed by atoms with E-state index >= 15 is 0 Å². The van der Waals surface area contributed by atoms with Crippen molar-refractivity contribution in [3.63, 3.8) is 0 Å². The summed E-state index contributed by atoms with van der Waals surface area (Å²) in [5, 5.41) is 20.5. The average Bonchev–Trinajstić information content (AvgIpc) is 3.02. The highest BCUT2D eigenvalue weighted by Crippen LogP contribution is 2.24. The largest absolute Gasteiger partial charge is 0.441 e. The molecule has 1 atom stereocenters. The lowest BCUT2D eigenvalue weighted by molar-refractivity contribution is -0.384. The number of hydrogen-bond acceptors (Lipinski definition) is 6. The predicted octanol–water partition coefficient (Wildman–Crippen LogP) is 2.25. The first-order valence-corrected chi connectivity index (χ1v) is 7.72. The molecule has 23 heavy (non-hydrogen) atoms. The first-order valence-electron chi connectivity index (χ1n) is 7.72. The maximum absolute atomic E-state index is 10.8. The Hall–Kier alpha value is -2.25. The van der Waals surface area contributed by atoms with Crippen molar-refractivity contribution in [2.24, 2.45) is 0 Å². The molecule has 1 unspecified atom stereocenters. The molecule has 2 aromatic rings. The number of β-amino-alcohol motifs (C(OH)–C–C–N with tert-alkyl or cyclic N) is 1. The summed E-state index contributed by atoms with van der Waals surface area (Å²) in [5.74, 6) is 1.13. The fourth-order valence-corrected chi connectivity index (χ4v) is 2.82. The minimum Gasteiger partial charge on any atom is -0.441 e. The molecule has 1 aliphatic rings. The van der Waals surface area contributed by atoms with Crippen molar-refractivity contribution in [1.82, 2.24) is 9.88 Å². The molecule has 1 aliphatic heterocycles. The van der Waals surface area contributed by atoms with Gasteiger partial charge in [-0.05, 0) is 19.4 Å². The quantitative estimate of drug-likeness (QED) is 0.671. The number of rotatable bonds is 5. The summed E-state index contributed by atoms with van der Waals surface area (Å²) in [6.07, 6.45) is 3.88. The number of likely N-dealkylation sites (tertiary alicyclic amines) is 1. The summed E-state index contributed by atoms with van der Waals surface area (Å²) in [7, 11) is 0. The minimum atomic E-state index is -0.428. The lowest BCUT2D eigenvalue weighted by atomic mass is 10.1. The zero-order valence-corrected chi connectivity index (χ0v) is 12.7. The zero-order valence-electron chi connectivity index (χ0n) is 12.7. The molecule has 1 aromatic heterocycles. The van der Waals surface area contributed by atoms with Gasteiger partial charge in [0.2, 0.25) is 0 Å². The fraction of sp³-hybridized carbons (Fsp3) is 0.438. The van der Waals surface area contributed by atoms with Gasteiger partial charge in [-0.2, -0.15) is 0 Å². The number of aliphatic hydroxyl groups is 1. The number of benzene rings is 1. The van der Waals surface area contributed by atoms with Gasteiger partial charge in [0.05, 0.1) is 17.2 Å². The number of aromatic nitrogens is 1. The van der Waals surface area contributed by atoms with Gasteiger partial charge < -0.3 is 14.4 Å². The summed E-state index contributed by atoms with van der Waals surface area (Å²) < 4.78 is 5.70. The monoisotopic (exact) mass is 317 g/mol. The Morgan fingerprint density at radius 2 is 2.35 bits per heavy atom. The van der Waals surface area contributed by atoms with Gasteiger partial charge in [-0.15, -0.1) is 0 Å². The van der Waals surface area contributed by atoms with E-state index in [1.807, 2.05) is 0 Å². The van der Waals surface area contributed by atoms with Crippen LogP contribution in [0.3, 0.4) is 0 Å². The van der Waals surface area contributed by atoms with E-state index in [0.717, 1.165) is 25.9 Å². The van der Waals surface area contributed by atoms with Crippen molar-refractivity contribution in [1.29, 1.82) is 0 Å². The van der Waals surface area contributed by atoms with Gasteiger partial charge in [0.1, 0.15) is 0 Å². The van der Waals surface area contributed by atoms with Crippen LogP contribution < -0.4 is 0 Å². The zero-order chi connectivity index (χ0) is 16.2. The van der Waals surface area contributed by atoms with Crippen LogP contribution in [0.1, 0.15) is 18.7 Å². The third-order valence-corrected chi connectivity index (χ3v) is 4.02. The molecule has 3 rings (SSSR count). The number of nitro groups is 1. The van der Waals surface area contributed by atoms with E-state index in [0.29, 0.717) is 30.2 Å². The van der Waals surface area contributed by atoms with Crippen LogP contribution in [0, 0.1) is 10.1 Å². The second-order valence-corrected chi connectivity index (χ2v) is 5.77. The maximum atomic E-state index is 10.8. The standard InChI is InChI=1S/C16H19N3O4/c20-14-5-2-7-18(11-14)8-6-16-17-10-15(23-16)12-3-1-4-13(9-12)19(21)22/h1,3-4,9-10,14,20H,2,5-8,11H2. The van der Waals surface area contributed by atoms with Crippen LogP contribution in [0.15, 0.2) is 34.9 Å². The Morgan fingerprint density at radius 3 is 3.13 bits per heavy atom. The molecule has 1 aromatic carbocycles. The Kier molecular flexibility index (Phi) is 4.68. The molecule has 0 amide bonds. The molecule has 1 fully saturated rings. The summed E-state index contributed by atoms with van der Waals surface area (Å²) >= 11 is 0. The van der Waals surface area contributed by atoms with Crippen LogP contribution in [0.4, 0.5) is 5.69 Å². The molecule has 2 heterocycles. The molecule has 0 saturated carbocycles. The van der Waals surface area contributed by atoms with E-state index in [1.165, 1.54) is 12.1 Å². The van der Waals surface area contributed by atoms with Crippen molar-refractivity contribution in [3.05, 3.63) is 46.5 Å². The number of nitro benzene ring substituents is 1. The van der Waals surface area contributed by atoms with Crippen LogP contribution in [0.25, 0.3) is 11.3 Å². The molecular formula is C16H19N3O4. The van der Waals surface area contributed by atoms with Gasteiger partial charge in [-0.3, -0.25) is 10.1 Å². The van der Waals surface area contributed by atoms with Gasteiger partial charge in [0, 0.05) is 37.2 Å². The third-order valence-electron chi connectivity index (χ3n) is 4.02. The molecule has 0 spiro atoms. The van der Waals surface area contributed by atoms with Crippen LogP contribution in [-0.2, 0) is 6.42 Å². The third kappa shape index (κ3) is 3.94. The summed E-state index contributed by atoms with van der Waals surface area (Å²) in [4.78, 5) is 16.8. The molecular weight excluding hydrogens is 298 g/mol. The van der Waals surface area contributed by atoms with Crippen LogP contribution in [-0.4, -0.2) is 45.7 Å². The number of hydrogen-bond donors (Lipinski definition) is 1. The van der Waals surface area contributed by atoms with Gasteiger partial charge in [0.15, 0.2) is 11.7 Å². The Morgan fingerprint density at radius 1 is 1.48 bits per heavy atom. The SMILES string of the molecule is O=[N+]([O-])c1cccc(-c2cnc(CCN3CCCC(O)C3)o2)c1. The average molecular weight is 317 g/mol. The van der Waals surface area contributed by atoms with Crippen LogP contribution in [0.5, 0.6) is 0 Å². The number of nitrogens with zero attached hydrogens (tertiary/aromatic N) is 3.